The van der Waals surface area contributed by atoms with E-state index in [-0.39, 0.29) is 17.0 Å². The summed E-state index contributed by atoms with van der Waals surface area (Å²) in [4.78, 5) is 16.3. The topological polar surface area (TPSA) is 46.9 Å². The van der Waals surface area contributed by atoms with Crippen molar-refractivity contribution in [2.75, 3.05) is 0 Å². The summed E-state index contributed by atoms with van der Waals surface area (Å²) in [6.45, 7) is 6.70. The predicted octanol–water partition coefficient (Wildman–Crippen LogP) is 2.87. The van der Waals surface area contributed by atoms with E-state index in [1.807, 2.05) is 31.5 Å². The number of nitrogens with zero attached hydrogens (tertiary/aromatic N) is 2. The molecule has 21 heavy (non-hydrogen) atoms. The van der Waals surface area contributed by atoms with Crippen LogP contribution in [-0.2, 0) is 6.54 Å². The third kappa shape index (κ3) is 3.90. The fourth-order valence-corrected chi connectivity index (χ4v) is 2.02. The molecule has 112 valence electrons. The van der Waals surface area contributed by atoms with Gasteiger partial charge in [0.25, 0.3) is 5.91 Å². The molecule has 1 aromatic carbocycles. The Hall–Kier alpha value is -2.17. The number of halogens is 1. The van der Waals surface area contributed by atoms with Gasteiger partial charge in [-0.05, 0) is 17.5 Å². The van der Waals surface area contributed by atoms with Crippen LogP contribution in [-0.4, -0.2) is 21.5 Å². The van der Waals surface area contributed by atoms with Crippen molar-refractivity contribution in [3.8, 4) is 0 Å². The minimum Gasteiger partial charge on any atom is -0.347 e. The maximum absolute atomic E-state index is 13.7. The zero-order chi connectivity index (χ0) is 15.5. The van der Waals surface area contributed by atoms with Crippen molar-refractivity contribution >= 4 is 5.91 Å². The summed E-state index contributed by atoms with van der Waals surface area (Å²) in [7, 11) is 0. The van der Waals surface area contributed by atoms with Crippen molar-refractivity contribution in [2.45, 2.75) is 33.4 Å². The molecular formula is C16H20FN3O. The molecule has 0 bridgehead atoms. The quantitative estimate of drug-likeness (QED) is 0.940. The lowest BCUT2D eigenvalue weighted by Gasteiger charge is -2.31. The highest BCUT2D eigenvalue weighted by atomic mass is 19.1. The van der Waals surface area contributed by atoms with Crippen LogP contribution in [0.2, 0.25) is 0 Å². The van der Waals surface area contributed by atoms with E-state index in [1.165, 1.54) is 12.1 Å². The van der Waals surface area contributed by atoms with Crippen LogP contribution in [0.1, 0.15) is 31.1 Å². The summed E-state index contributed by atoms with van der Waals surface area (Å²) in [5.41, 5.74) is -0.0945. The van der Waals surface area contributed by atoms with Gasteiger partial charge in [0.15, 0.2) is 0 Å². The lowest BCUT2D eigenvalue weighted by atomic mass is 9.86. The first-order chi connectivity index (χ1) is 9.88. The van der Waals surface area contributed by atoms with Crippen LogP contribution in [0.5, 0.6) is 0 Å². The zero-order valence-electron chi connectivity index (χ0n) is 12.5. The number of rotatable bonds is 4. The molecule has 0 radical (unpaired) electrons. The van der Waals surface area contributed by atoms with Gasteiger partial charge < -0.3 is 9.88 Å². The molecule has 0 saturated carbocycles. The van der Waals surface area contributed by atoms with Gasteiger partial charge in [-0.1, -0.05) is 32.9 Å². The number of benzene rings is 1. The number of carbonyl (C=O) groups is 1. The molecule has 0 fully saturated rings. The minimum atomic E-state index is -0.509. The Morgan fingerprint density at radius 3 is 2.67 bits per heavy atom. The molecule has 0 aliphatic rings. The van der Waals surface area contributed by atoms with Gasteiger partial charge in [-0.3, -0.25) is 4.79 Å². The van der Waals surface area contributed by atoms with E-state index < -0.39 is 11.7 Å². The highest BCUT2D eigenvalue weighted by molar-refractivity contribution is 5.94. The van der Waals surface area contributed by atoms with Crippen LogP contribution < -0.4 is 5.32 Å². The molecule has 4 nitrogen and oxygen atoms in total. The monoisotopic (exact) mass is 289 g/mol. The molecule has 1 aromatic heterocycles. The van der Waals surface area contributed by atoms with Crippen molar-refractivity contribution in [1.82, 2.24) is 14.9 Å². The van der Waals surface area contributed by atoms with Crippen LogP contribution in [0.25, 0.3) is 0 Å². The van der Waals surface area contributed by atoms with E-state index in [0.717, 1.165) is 0 Å². The lowest BCUT2D eigenvalue weighted by Crippen LogP contribution is -2.46. The van der Waals surface area contributed by atoms with Gasteiger partial charge in [-0.25, -0.2) is 9.37 Å². The van der Waals surface area contributed by atoms with Crippen LogP contribution in [0.4, 0.5) is 4.39 Å². The van der Waals surface area contributed by atoms with E-state index in [4.69, 9.17) is 0 Å². The molecule has 0 spiro atoms. The van der Waals surface area contributed by atoms with Crippen LogP contribution >= 0.6 is 0 Å². The molecule has 1 unspecified atom stereocenters. The smallest absolute Gasteiger partial charge is 0.254 e. The van der Waals surface area contributed by atoms with E-state index in [2.05, 4.69) is 10.3 Å². The maximum atomic E-state index is 13.7. The summed E-state index contributed by atoms with van der Waals surface area (Å²) >= 11 is 0. The third-order valence-corrected chi connectivity index (χ3v) is 3.42. The van der Waals surface area contributed by atoms with Gasteiger partial charge in [-0.15, -0.1) is 0 Å². The molecule has 2 aromatic rings. The number of aromatic nitrogens is 2. The molecule has 1 atom stereocenters. The van der Waals surface area contributed by atoms with Gasteiger partial charge in [0.1, 0.15) is 5.82 Å². The molecule has 1 heterocycles. The molecule has 0 aliphatic carbocycles. The van der Waals surface area contributed by atoms with Gasteiger partial charge in [0, 0.05) is 18.9 Å². The first-order valence-corrected chi connectivity index (χ1v) is 6.89. The van der Waals surface area contributed by atoms with Crippen LogP contribution in [0.15, 0.2) is 43.0 Å². The fraction of sp³-hybridized carbons (Fsp3) is 0.375. The van der Waals surface area contributed by atoms with Crippen molar-refractivity contribution in [1.29, 1.82) is 0 Å². The predicted molar refractivity (Wildman–Crippen MR) is 79.3 cm³/mol. The number of hydrogen-bond acceptors (Lipinski definition) is 2. The van der Waals surface area contributed by atoms with Crippen LogP contribution in [0.3, 0.4) is 0 Å². The Balaban J connectivity index is 2.16. The maximum Gasteiger partial charge on any atom is 0.254 e. The van der Waals surface area contributed by atoms with Crippen molar-refractivity contribution in [3.05, 3.63) is 54.4 Å². The number of hydrogen-bond donors (Lipinski definition) is 1. The average molecular weight is 289 g/mol. The molecular weight excluding hydrogens is 269 g/mol. The summed E-state index contributed by atoms with van der Waals surface area (Å²) in [6, 6.07) is 5.86. The first-order valence-electron chi connectivity index (χ1n) is 6.89. The molecule has 1 amide bonds. The highest BCUT2D eigenvalue weighted by Gasteiger charge is 2.27. The first kappa shape index (κ1) is 15.2. The van der Waals surface area contributed by atoms with Gasteiger partial charge in [-0.2, -0.15) is 0 Å². The molecule has 0 aliphatic heterocycles. The third-order valence-electron chi connectivity index (χ3n) is 3.42. The van der Waals surface area contributed by atoms with Gasteiger partial charge >= 0.3 is 0 Å². The molecule has 5 heteroatoms. The second-order valence-corrected chi connectivity index (χ2v) is 6.13. The standard InChI is InChI=1S/C16H20FN3O/c1-16(2,3)14(10-20-9-8-18-11-20)19-15(21)12-6-4-5-7-13(12)17/h4-9,11,14H,10H2,1-3H3,(H,19,21). The summed E-state index contributed by atoms with van der Waals surface area (Å²) in [5, 5.41) is 2.92. The SMILES string of the molecule is CC(C)(C)C(Cn1ccnc1)NC(=O)c1ccccc1F. The minimum absolute atomic E-state index is 0.0670. The van der Waals surface area contributed by atoms with E-state index in [9.17, 15) is 9.18 Å². The Morgan fingerprint density at radius 2 is 2.10 bits per heavy atom. The average Bonchev–Trinajstić information content (AvgIpc) is 2.90. The second kappa shape index (κ2) is 6.08. The Morgan fingerprint density at radius 1 is 1.38 bits per heavy atom. The normalized spacial score (nSPS) is 13.0. The zero-order valence-corrected chi connectivity index (χ0v) is 12.5. The number of imidazole rings is 1. The highest BCUT2D eigenvalue weighted by Crippen LogP contribution is 2.21. The lowest BCUT2D eigenvalue weighted by molar-refractivity contribution is 0.0888. The molecule has 1 N–H and O–H groups in total. The summed E-state index contributed by atoms with van der Waals surface area (Å²) < 4.78 is 15.6. The molecule has 0 saturated heterocycles. The second-order valence-electron chi connectivity index (χ2n) is 6.13. The van der Waals surface area contributed by atoms with Crippen molar-refractivity contribution in [2.24, 2.45) is 5.41 Å². The van der Waals surface area contributed by atoms with Crippen molar-refractivity contribution in [3.63, 3.8) is 0 Å². The van der Waals surface area contributed by atoms with Crippen LogP contribution in [0, 0.1) is 11.2 Å². The number of carbonyl (C=O) groups excluding carboxylic acids is 1. The summed E-state index contributed by atoms with van der Waals surface area (Å²) in [5.74, 6) is -0.904. The largest absolute Gasteiger partial charge is 0.347 e. The van der Waals surface area contributed by atoms with Gasteiger partial charge in [0.2, 0.25) is 0 Å². The van der Waals surface area contributed by atoms with E-state index in [1.54, 1.807) is 24.7 Å². The Labute approximate surface area is 124 Å². The Bertz CT molecular complexity index is 602. The van der Waals surface area contributed by atoms with Crippen molar-refractivity contribution < 1.29 is 9.18 Å². The fourth-order valence-electron chi connectivity index (χ4n) is 2.02. The van der Waals surface area contributed by atoms with E-state index >= 15 is 0 Å². The summed E-state index contributed by atoms with van der Waals surface area (Å²) in [6.07, 6.45) is 5.24. The molecule has 2 rings (SSSR count). The van der Waals surface area contributed by atoms with E-state index in [0.29, 0.717) is 6.54 Å². The van der Waals surface area contributed by atoms with Gasteiger partial charge in [0.05, 0.1) is 17.9 Å². The number of nitrogens with one attached hydrogen (secondary N) is 1. The Kier molecular flexibility index (Phi) is 4.40. The number of amides is 1.